The predicted octanol–water partition coefficient (Wildman–Crippen LogP) is 2.14. The normalized spacial score (nSPS) is 29.4. The zero-order valence-corrected chi connectivity index (χ0v) is 9.82. The molecule has 1 aliphatic heterocycles. The van der Waals surface area contributed by atoms with Crippen molar-refractivity contribution in [3.8, 4) is 0 Å². The van der Waals surface area contributed by atoms with E-state index in [4.69, 9.17) is 0 Å². The van der Waals surface area contributed by atoms with Crippen LogP contribution in [0.5, 0.6) is 0 Å². The third-order valence-electron chi connectivity index (χ3n) is 4.25. The largest absolute Gasteiger partial charge is 0.481 e. The monoisotopic (exact) mass is 223 g/mol. The Hall–Kier alpha value is -0.830. The van der Waals surface area contributed by atoms with Crippen LogP contribution in [0.1, 0.15) is 32.1 Å². The fourth-order valence-corrected chi connectivity index (χ4v) is 3.50. The van der Waals surface area contributed by atoms with Crippen LogP contribution >= 0.6 is 0 Å². The van der Waals surface area contributed by atoms with E-state index in [2.05, 4.69) is 11.5 Å². The van der Waals surface area contributed by atoms with Crippen LogP contribution in [0.4, 0.5) is 0 Å². The van der Waals surface area contributed by atoms with Crippen LogP contribution in [-0.4, -0.2) is 35.6 Å². The number of carbonyl (C=O) groups is 1. The highest BCUT2D eigenvalue weighted by Gasteiger charge is 2.49. The van der Waals surface area contributed by atoms with E-state index in [0.29, 0.717) is 6.54 Å². The Labute approximate surface area is 97.1 Å². The van der Waals surface area contributed by atoms with E-state index in [1.165, 1.54) is 19.3 Å². The first-order valence-electron chi connectivity index (χ1n) is 6.24. The third kappa shape index (κ3) is 2.01. The predicted molar refractivity (Wildman–Crippen MR) is 63.3 cm³/mol. The topological polar surface area (TPSA) is 40.5 Å². The second-order valence-electron chi connectivity index (χ2n) is 5.30. The highest BCUT2D eigenvalue weighted by atomic mass is 16.4. The molecule has 1 aliphatic carbocycles. The van der Waals surface area contributed by atoms with Gasteiger partial charge in [-0.3, -0.25) is 9.69 Å². The lowest BCUT2D eigenvalue weighted by molar-refractivity contribution is -0.145. The van der Waals surface area contributed by atoms with Gasteiger partial charge in [0.1, 0.15) is 0 Å². The summed E-state index contributed by atoms with van der Waals surface area (Å²) in [4.78, 5) is 13.6. The minimum absolute atomic E-state index is 0.0626. The van der Waals surface area contributed by atoms with Crippen molar-refractivity contribution in [3.63, 3.8) is 0 Å². The summed E-state index contributed by atoms with van der Waals surface area (Å²) < 4.78 is 0. The quantitative estimate of drug-likeness (QED) is 0.745. The second kappa shape index (κ2) is 4.58. The summed E-state index contributed by atoms with van der Waals surface area (Å²) in [5.74, 6) is -0.763. The van der Waals surface area contributed by atoms with Gasteiger partial charge in [-0.2, -0.15) is 0 Å². The molecule has 0 unspecified atom stereocenters. The molecule has 0 aromatic heterocycles. The molecule has 0 amide bonds. The van der Waals surface area contributed by atoms with E-state index >= 15 is 0 Å². The van der Waals surface area contributed by atoms with Crippen LogP contribution in [0.15, 0.2) is 12.7 Å². The van der Waals surface area contributed by atoms with Gasteiger partial charge in [-0.15, -0.1) is 6.58 Å². The maximum atomic E-state index is 11.4. The molecular weight excluding hydrogens is 202 g/mol. The summed E-state index contributed by atoms with van der Waals surface area (Å²) in [6.07, 6.45) is 7.74. The minimum atomic E-state index is -0.603. The molecule has 0 aromatic rings. The number of carboxylic acids is 1. The van der Waals surface area contributed by atoms with Crippen molar-refractivity contribution in [3.05, 3.63) is 12.7 Å². The zero-order valence-electron chi connectivity index (χ0n) is 9.82. The number of nitrogens with zero attached hydrogens (tertiary/aromatic N) is 1. The average Bonchev–Trinajstić information content (AvgIpc) is 2.59. The first-order valence-corrected chi connectivity index (χ1v) is 6.24. The summed E-state index contributed by atoms with van der Waals surface area (Å²) in [5, 5.41) is 9.36. The van der Waals surface area contributed by atoms with Crippen molar-refractivity contribution in [1.82, 2.24) is 4.90 Å². The number of aliphatic carboxylic acids is 1. The van der Waals surface area contributed by atoms with Crippen molar-refractivity contribution in [2.45, 2.75) is 32.1 Å². The van der Waals surface area contributed by atoms with Gasteiger partial charge < -0.3 is 5.11 Å². The molecule has 0 aromatic carbocycles. The van der Waals surface area contributed by atoms with Gasteiger partial charge in [0.15, 0.2) is 0 Å². The molecule has 2 aliphatic rings. The molecule has 3 nitrogen and oxygen atoms in total. The minimum Gasteiger partial charge on any atom is -0.481 e. The smallest absolute Gasteiger partial charge is 0.308 e. The zero-order chi connectivity index (χ0) is 11.6. The molecule has 1 N–H and O–H groups in total. The molecule has 2 rings (SSSR count). The van der Waals surface area contributed by atoms with E-state index in [1.54, 1.807) is 0 Å². The van der Waals surface area contributed by atoms with E-state index in [9.17, 15) is 9.90 Å². The first kappa shape index (κ1) is 11.6. The first-order chi connectivity index (χ1) is 7.68. The van der Waals surface area contributed by atoms with Crippen LogP contribution in [0.3, 0.4) is 0 Å². The van der Waals surface area contributed by atoms with Gasteiger partial charge in [-0.1, -0.05) is 25.3 Å². The van der Waals surface area contributed by atoms with Gasteiger partial charge in [-0.05, 0) is 18.3 Å². The van der Waals surface area contributed by atoms with Crippen LogP contribution in [0.2, 0.25) is 0 Å². The van der Waals surface area contributed by atoms with Gasteiger partial charge in [0.2, 0.25) is 0 Å². The fraction of sp³-hybridized carbons (Fsp3) is 0.769. The lowest BCUT2D eigenvalue weighted by Gasteiger charge is -2.36. The summed E-state index contributed by atoms with van der Waals surface area (Å²) >= 11 is 0. The summed E-state index contributed by atoms with van der Waals surface area (Å²) in [6, 6.07) is 0. The maximum Gasteiger partial charge on any atom is 0.308 e. The molecule has 1 atom stereocenters. The summed E-state index contributed by atoms with van der Waals surface area (Å²) in [5.41, 5.74) is 0.0626. The second-order valence-corrected chi connectivity index (χ2v) is 5.30. The number of carboxylic acid groups (broad SMARTS) is 1. The number of hydrogen-bond acceptors (Lipinski definition) is 2. The lowest BCUT2D eigenvalue weighted by Crippen LogP contribution is -2.36. The van der Waals surface area contributed by atoms with E-state index < -0.39 is 5.97 Å². The lowest BCUT2D eigenvalue weighted by atomic mass is 9.68. The molecule has 3 heteroatoms. The summed E-state index contributed by atoms with van der Waals surface area (Å²) in [7, 11) is 0. The van der Waals surface area contributed by atoms with Crippen LogP contribution in [-0.2, 0) is 4.79 Å². The molecule has 1 saturated carbocycles. The Balaban J connectivity index is 2.13. The van der Waals surface area contributed by atoms with Crippen LogP contribution in [0.25, 0.3) is 0 Å². The van der Waals surface area contributed by atoms with Gasteiger partial charge in [0.05, 0.1) is 5.92 Å². The summed E-state index contributed by atoms with van der Waals surface area (Å²) in [6.45, 7) is 6.23. The Morgan fingerprint density at radius 3 is 2.69 bits per heavy atom. The van der Waals surface area contributed by atoms with Crippen molar-refractivity contribution >= 4 is 5.97 Å². The highest BCUT2D eigenvalue weighted by Crippen LogP contribution is 2.47. The van der Waals surface area contributed by atoms with Crippen molar-refractivity contribution in [1.29, 1.82) is 0 Å². The average molecular weight is 223 g/mol. The van der Waals surface area contributed by atoms with Gasteiger partial charge in [0, 0.05) is 19.6 Å². The molecule has 2 fully saturated rings. The molecule has 1 heterocycles. The molecule has 1 spiro atoms. The number of hydrogen-bond donors (Lipinski definition) is 1. The Morgan fingerprint density at radius 1 is 1.44 bits per heavy atom. The van der Waals surface area contributed by atoms with Crippen molar-refractivity contribution in [2.24, 2.45) is 11.3 Å². The van der Waals surface area contributed by atoms with Crippen molar-refractivity contribution in [2.75, 3.05) is 19.6 Å². The van der Waals surface area contributed by atoms with Crippen LogP contribution < -0.4 is 0 Å². The standard InChI is InChI=1S/C13H21NO2/c1-2-8-14-9-11(12(15)16)13(10-14)6-4-3-5-7-13/h2,11H,1,3-10H2,(H,15,16)/t11-/m1/s1. The Morgan fingerprint density at radius 2 is 2.12 bits per heavy atom. The number of likely N-dealkylation sites (tertiary alicyclic amines) is 1. The van der Waals surface area contributed by atoms with Crippen LogP contribution in [0, 0.1) is 11.3 Å². The number of rotatable bonds is 3. The van der Waals surface area contributed by atoms with E-state index in [0.717, 1.165) is 25.9 Å². The van der Waals surface area contributed by atoms with Gasteiger partial charge in [0.25, 0.3) is 0 Å². The molecular formula is C13H21NO2. The fourth-order valence-electron chi connectivity index (χ4n) is 3.50. The van der Waals surface area contributed by atoms with Crippen molar-refractivity contribution < 1.29 is 9.90 Å². The highest BCUT2D eigenvalue weighted by molar-refractivity contribution is 5.72. The molecule has 0 bridgehead atoms. The maximum absolute atomic E-state index is 11.4. The molecule has 0 radical (unpaired) electrons. The van der Waals surface area contributed by atoms with Gasteiger partial charge >= 0.3 is 5.97 Å². The Bertz CT molecular complexity index is 282. The molecule has 90 valence electrons. The third-order valence-corrected chi connectivity index (χ3v) is 4.25. The van der Waals surface area contributed by atoms with E-state index in [1.807, 2.05) is 6.08 Å². The van der Waals surface area contributed by atoms with Gasteiger partial charge in [-0.25, -0.2) is 0 Å². The Kier molecular flexibility index (Phi) is 3.33. The molecule has 16 heavy (non-hydrogen) atoms. The van der Waals surface area contributed by atoms with E-state index in [-0.39, 0.29) is 11.3 Å². The molecule has 1 saturated heterocycles. The SMILES string of the molecule is C=CCN1C[C@H](C(=O)O)C2(CCCCC2)C1.